The number of rotatable bonds is 9. The molecule has 0 aliphatic rings. The molecule has 2 aromatic rings. The molecule has 0 spiro atoms. The van der Waals surface area contributed by atoms with Gasteiger partial charge in [0.1, 0.15) is 12.0 Å². The van der Waals surface area contributed by atoms with E-state index in [0.717, 1.165) is 5.56 Å². The molecule has 5 nitrogen and oxygen atoms in total. The molecule has 2 rings (SSSR count). The van der Waals surface area contributed by atoms with Gasteiger partial charge in [-0.05, 0) is 48.4 Å². The van der Waals surface area contributed by atoms with Gasteiger partial charge in [-0.1, -0.05) is 18.2 Å². The summed E-state index contributed by atoms with van der Waals surface area (Å²) in [5.74, 6) is 0.117. The van der Waals surface area contributed by atoms with E-state index < -0.39 is 18.6 Å². The summed E-state index contributed by atoms with van der Waals surface area (Å²) < 4.78 is 52.3. The predicted octanol–water partition coefficient (Wildman–Crippen LogP) is 4.85. The minimum absolute atomic E-state index is 0.134. The lowest BCUT2D eigenvalue weighted by atomic mass is 10.2. The molecule has 0 unspecified atom stereocenters. The number of ether oxygens (including phenoxy) is 3. The third-order valence-electron chi connectivity index (χ3n) is 3.72. The van der Waals surface area contributed by atoms with Crippen molar-refractivity contribution in [2.45, 2.75) is 19.0 Å². The highest BCUT2D eigenvalue weighted by molar-refractivity contribution is 5.91. The van der Waals surface area contributed by atoms with Crippen LogP contribution in [0.5, 0.6) is 17.2 Å². The number of alkyl halides is 3. The first-order valence-corrected chi connectivity index (χ1v) is 8.64. The number of carbonyl (C=O) groups is 2. The Morgan fingerprint density at radius 2 is 1.79 bits per heavy atom. The van der Waals surface area contributed by atoms with Crippen molar-refractivity contribution in [1.29, 1.82) is 0 Å². The van der Waals surface area contributed by atoms with Crippen LogP contribution in [0.4, 0.5) is 13.2 Å². The van der Waals surface area contributed by atoms with E-state index in [1.54, 1.807) is 30.3 Å². The van der Waals surface area contributed by atoms with E-state index in [4.69, 9.17) is 14.2 Å². The Hall–Kier alpha value is -3.29. The van der Waals surface area contributed by atoms with Crippen LogP contribution in [0, 0.1) is 0 Å². The molecular weight excluding hydrogens is 389 g/mol. The summed E-state index contributed by atoms with van der Waals surface area (Å²) in [6, 6.07) is 10.8. The molecule has 0 aromatic heterocycles. The Kier molecular flexibility index (Phi) is 7.82. The molecule has 8 heteroatoms. The first kappa shape index (κ1) is 22.0. The number of esters is 1. The second-order valence-electron chi connectivity index (χ2n) is 5.89. The molecule has 0 aliphatic heterocycles. The zero-order chi connectivity index (χ0) is 21.3. The third kappa shape index (κ3) is 7.33. The molecule has 0 saturated heterocycles. The average Bonchev–Trinajstić information content (AvgIpc) is 2.70. The zero-order valence-electron chi connectivity index (χ0n) is 15.6. The molecular formula is C21H19F3O5. The maximum atomic E-state index is 12.3. The number of hydrogen-bond acceptors (Lipinski definition) is 5. The van der Waals surface area contributed by atoms with E-state index in [9.17, 15) is 22.8 Å². The number of methoxy groups -OCH3 is 1. The van der Waals surface area contributed by atoms with E-state index in [2.05, 4.69) is 0 Å². The van der Waals surface area contributed by atoms with Crippen LogP contribution in [0.25, 0.3) is 6.08 Å². The topological polar surface area (TPSA) is 61.8 Å². The van der Waals surface area contributed by atoms with Gasteiger partial charge in [0.15, 0.2) is 11.5 Å². The lowest BCUT2D eigenvalue weighted by molar-refractivity contribution is -0.136. The van der Waals surface area contributed by atoms with Crippen molar-refractivity contribution in [2.24, 2.45) is 0 Å². The number of aldehydes is 1. The van der Waals surface area contributed by atoms with E-state index in [1.807, 2.05) is 0 Å². The summed E-state index contributed by atoms with van der Waals surface area (Å²) in [5, 5.41) is 0. The van der Waals surface area contributed by atoms with Gasteiger partial charge in [0.25, 0.3) is 0 Å². The highest BCUT2D eigenvalue weighted by Gasteiger charge is 2.26. The van der Waals surface area contributed by atoms with E-state index in [-0.39, 0.29) is 30.1 Å². The van der Waals surface area contributed by atoms with Gasteiger partial charge in [-0.2, -0.15) is 13.2 Å². The number of carbonyl (C=O) groups excluding carboxylic acids is 2. The second-order valence-corrected chi connectivity index (χ2v) is 5.89. The first-order chi connectivity index (χ1) is 13.8. The Labute approximate surface area is 165 Å². The Morgan fingerprint density at radius 1 is 1.07 bits per heavy atom. The summed E-state index contributed by atoms with van der Waals surface area (Å²) in [5.41, 5.74) is 0.958. The Morgan fingerprint density at radius 3 is 2.41 bits per heavy atom. The van der Waals surface area contributed by atoms with Gasteiger partial charge in [0.2, 0.25) is 0 Å². The average molecular weight is 408 g/mol. The quantitative estimate of drug-likeness (QED) is 0.195. The normalized spacial score (nSPS) is 11.3. The number of halogens is 3. The van der Waals surface area contributed by atoms with Crippen molar-refractivity contribution in [3.8, 4) is 17.2 Å². The smallest absolute Gasteiger partial charge is 0.389 e. The molecule has 0 saturated carbocycles. The van der Waals surface area contributed by atoms with E-state index in [0.29, 0.717) is 12.0 Å². The van der Waals surface area contributed by atoms with Gasteiger partial charge in [-0.15, -0.1) is 0 Å². The summed E-state index contributed by atoms with van der Waals surface area (Å²) in [6.45, 7) is -0.134. The molecule has 0 amide bonds. The van der Waals surface area contributed by atoms with Gasteiger partial charge in [0.05, 0.1) is 19.3 Å². The van der Waals surface area contributed by atoms with Crippen molar-refractivity contribution in [1.82, 2.24) is 0 Å². The van der Waals surface area contributed by atoms with E-state index >= 15 is 0 Å². The van der Waals surface area contributed by atoms with Crippen molar-refractivity contribution in [3.05, 3.63) is 59.7 Å². The molecule has 0 radical (unpaired) electrons. The van der Waals surface area contributed by atoms with Crippen LogP contribution < -0.4 is 14.2 Å². The fraction of sp³-hybridized carbons (Fsp3) is 0.238. The third-order valence-corrected chi connectivity index (χ3v) is 3.72. The zero-order valence-corrected chi connectivity index (χ0v) is 15.6. The molecule has 0 atom stereocenters. The van der Waals surface area contributed by atoms with Crippen LogP contribution in [0.15, 0.2) is 48.5 Å². The van der Waals surface area contributed by atoms with Crippen LogP contribution >= 0.6 is 0 Å². The van der Waals surface area contributed by atoms with Crippen LogP contribution in [-0.4, -0.2) is 32.1 Å². The lowest BCUT2D eigenvalue weighted by Crippen LogP contribution is -2.11. The predicted molar refractivity (Wildman–Crippen MR) is 100 cm³/mol. The van der Waals surface area contributed by atoms with Gasteiger partial charge in [0, 0.05) is 6.42 Å². The number of benzene rings is 2. The molecule has 0 fully saturated rings. The Bertz CT molecular complexity index is 858. The monoisotopic (exact) mass is 408 g/mol. The minimum atomic E-state index is -4.23. The lowest BCUT2D eigenvalue weighted by Gasteiger charge is -2.12. The van der Waals surface area contributed by atoms with Crippen LogP contribution in [0.3, 0.4) is 0 Å². The highest BCUT2D eigenvalue weighted by atomic mass is 19.4. The van der Waals surface area contributed by atoms with Gasteiger partial charge >= 0.3 is 12.1 Å². The number of allylic oxidation sites excluding steroid dienone is 1. The van der Waals surface area contributed by atoms with Crippen molar-refractivity contribution in [2.75, 3.05) is 13.7 Å². The Balaban J connectivity index is 2.00. The standard InChI is InChI=1S/C21H19F3O5/c1-27-19-14-16(7-10-18(19)28-13-3-11-21(22,23)24)20(26)29-17-8-5-15(6-9-17)4-2-12-25/h2,4-10,12,14H,3,11,13H2,1H3/b4-2+. The van der Waals surface area contributed by atoms with Crippen LogP contribution in [0.1, 0.15) is 28.8 Å². The summed E-state index contributed by atoms with van der Waals surface area (Å²) in [4.78, 5) is 22.6. The minimum Gasteiger partial charge on any atom is -0.493 e. The fourth-order valence-corrected chi connectivity index (χ4v) is 2.33. The summed E-state index contributed by atoms with van der Waals surface area (Å²) in [7, 11) is 1.36. The largest absolute Gasteiger partial charge is 0.493 e. The molecule has 29 heavy (non-hydrogen) atoms. The van der Waals surface area contributed by atoms with Crippen molar-refractivity contribution < 1.29 is 37.0 Å². The fourth-order valence-electron chi connectivity index (χ4n) is 2.33. The second kappa shape index (κ2) is 10.3. The van der Waals surface area contributed by atoms with Crippen LogP contribution in [0.2, 0.25) is 0 Å². The SMILES string of the molecule is COc1cc(C(=O)Oc2ccc(/C=C/C=O)cc2)ccc1OCCCC(F)(F)F. The molecule has 0 aliphatic carbocycles. The summed E-state index contributed by atoms with van der Waals surface area (Å²) in [6.07, 6.45) is -1.75. The maximum absolute atomic E-state index is 12.3. The van der Waals surface area contributed by atoms with E-state index in [1.165, 1.54) is 31.4 Å². The molecule has 0 bridgehead atoms. The number of hydrogen-bond donors (Lipinski definition) is 0. The highest BCUT2D eigenvalue weighted by Crippen LogP contribution is 2.29. The van der Waals surface area contributed by atoms with Gasteiger partial charge in [-0.3, -0.25) is 4.79 Å². The summed E-state index contributed by atoms with van der Waals surface area (Å²) >= 11 is 0. The van der Waals surface area contributed by atoms with Crippen LogP contribution in [-0.2, 0) is 4.79 Å². The van der Waals surface area contributed by atoms with Crippen molar-refractivity contribution >= 4 is 18.3 Å². The first-order valence-electron chi connectivity index (χ1n) is 8.64. The molecule has 0 heterocycles. The van der Waals surface area contributed by atoms with Gasteiger partial charge in [-0.25, -0.2) is 4.79 Å². The molecule has 154 valence electrons. The van der Waals surface area contributed by atoms with Gasteiger partial charge < -0.3 is 14.2 Å². The molecule has 0 N–H and O–H groups in total. The molecule has 2 aromatic carbocycles. The maximum Gasteiger partial charge on any atom is 0.389 e. The van der Waals surface area contributed by atoms with Crippen molar-refractivity contribution in [3.63, 3.8) is 0 Å².